The molecule has 2 atom stereocenters. The van der Waals surface area contributed by atoms with Gasteiger partial charge in [-0.25, -0.2) is 0 Å². The molecule has 30 heavy (non-hydrogen) atoms. The SMILES string of the molecule is CC(C)C(C(=O)OC(C#N)c1ccc(Oc2ccccc2)cc1)c1ccc(Cl)cc1. The van der Waals surface area contributed by atoms with Gasteiger partial charge >= 0.3 is 5.97 Å². The molecule has 0 aliphatic carbocycles. The number of carbonyl (C=O) groups is 1. The van der Waals surface area contributed by atoms with E-state index in [2.05, 4.69) is 6.07 Å². The lowest BCUT2D eigenvalue weighted by Crippen LogP contribution is -2.22. The van der Waals surface area contributed by atoms with E-state index >= 15 is 0 Å². The Morgan fingerprint density at radius 3 is 2.00 bits per heavy atom. The molecule has 0 saturated carbocycles. The van der Waals surface area contributed by atoms with Crippen molar-refractivity contribution in [3.8, 4) is 17.6 Å². The molecule has 5 heteroatoms. The Balaban J connectivity index is 1.72. The van der Waals surface area contributed by atoms with Gasteiger partial charge in [0, 0.05) is 10.6 Å². The first-order valence-corrected chi connectivity index (χ1v) is 10.0. The van der Waals surface area contributed by atoms with E-state index in [0.29, 0.717) is 16.3 Å². The van der Waals surface area contributed by atoms with E-state index in [4.69, 9.17) is 21.1 Å². The second-order valence-electron chi connectivity index (χ2n) is 7.20. The fourth-order valence-corrected chi connectivity index (χ4v) is 3.28. The average Bonchev–Trinajstić information content (AvgIpc) is 2.75. The zero-order chi connectivity index (χ0) is 21.5. The molecule has 3 aromatic rings. The minimum absolute atomic E-state index is 0.000309. The van der Waals surface area contributed by atoms with Crippen molar-refractivity contribution in [2.75, 3.05) is 0 Å². The van der Waals surface area contributed by atoms with Crippen LogP contribution >= 0.6 is 11.6 Å². The number of hydrogen-bond donors (Lipinski definition) is 0. The molecule has 0 aliphatic heterocycles. The van der Waals surface area contributed by atoms with E-state index in [-0.39, 0.29) is 5.92 Å². The van der Waals surface area contributed by atoms with E-state index in [1.165, 1.54) is 0 Å². The van der Waals surface area contributed by atoms with Gasteiger partial charge in [-0.3, -0.25) is 4.79 Å². The number of halogens is 1. The van der Waals surface area contributed by atoms with Crippen LogP contribution in [-0.2, 0) is 9.53 Å². The van der Waals surface area contributed by atoms with Gasteiger partial charge in [0.25, 0.3) is 0 Å². The van der Waals surface area contributed by atoms with Gasteiger partial charge in [-0.1, -0.05) is 67.9 Å². The highest BCUT2D eigenvalue weighted by Gasteiger charge is 2.28. The molecule has 4 nitrogen and oxygen atoms in total. The standard InChI is InChI=1S/C25H22ClNO3/c1-17(2)24(19-8-12-20(26)13-9-19)25(28)30-23(16-27)18-10-14-22(15-11-18)29-21-6-4-3-5-7-21/h3-15,17,23-24H,1-2H3. The summed E-state index contributed by atoms with van der Waals surface area (Å²) in [4.78, 5) is 12.9. The maximum absolute atomic E-state index is 12.9. The van der Waals surface area contributed by atoms with Crippen molar-refractivity contribution in [2.45, 2.75) is 25.9 Å². The largest absolute Gasteiger partial charge is 0.457 e. The summed E-state index contributed by atoms with van der Waals surface area (Å²) in [7, 11) is 0. The van der Waals surface area contributed by atoms with Gasteiger partial charge in [0.1, 0.15) is 17.6 Å². The van der Waals surface area contributed by atoms with Crippen LogP contribution in [0.25, 0.3) is 0 Å². The van der Waals surface area contributed by atoms with Gasteiger partial charge in [0.05, 0.1) is 5.92 Å². The highest BCUT2D eigenvalue weighted by molar-refractivity contribution is 6.30. The molecular formula is C25H22ClNO3. The van der Waals surface area contributed by atoms with E-state index < -0.39 is 18.0 Å². The summed E-state index contributed by atoms with van der Waals surface area (Å²) in [5, 5.41) is 10.2. The van der Waals surface area contributed by atoms with Crippen molar-refractivity contribution >= 4 is 17.6 Å². The first-order valence-electron chi connectivity index (χ1n) is 9.66. The zero-order valence-corrected chi connectivity index (χ0v) is 17.5. The molecular weight excluding hydrogens is 398 g/mol. The van der Waals surface area contributed by atoms with E-state index in [9.17, 15) is 10.1 Å². The lowest BCUT2D eigenvalue weighted by molar-refractivity contribution is -0.150. The quantitative estimate of drug-likeness (QED) is 0.401. The summed E-state index contributed by atoms with van der Waals surface area (Å²) >= 11 is 5.96. The number of para-hydroxylation sites is 1. The van der Waals surface area contributed by atoms with Gasteiger partial charge < -0.3 is 9.47 Å². The Morgan fingerprint density at radius 1 is 0.867 bits per heavy atom. The van der Waals surface area contributed by atoms with E-state index in [1.807, 2.05) is 56.3 Å². The zero-order valence-electron chi connectivity index (χ0n) is 16.8. The lowest BCUT2D eigenvalue weighted by Gasteiger charge is -2.22. The Labute approximate surface area is 181 Å². The summed E-state index contributed by atoms with van der Waals surface area (Å²) in [6.45, 7) is 3.88. The van der Waals surface area contributed by atoms with Crippen LogP contribution in [0.1, 0.15) is 37.0 Å². The van der Waals surface area contributed by atoms with Gasteiger partial charge in [0.15, 0.2) is 0 Å². The molecule has 152 valence electrons. The third kappa shape index (κ3) is 5.40. The topological polar surface area (TPSA) is 59.3 Å². The average molecular weight is 420 g/mol. The number of esters is 1. The van der Waals surface area contributed by atoms with Gasteiger partial charge in [-0.2, -0.15) is 5.26 Å². The fraction of sp³-hybridized carbons (Fsp3) is 0.200. The molecule has 0 aromatic heterocycles. The van der Waals surface area contributed by atoms with Crippen LogP contribution < -0.4 is 4.74 Å². The number of nitriles is 1. The normalized spacial score (nSPS) is 12.6. The second-order valence-corrected chi connectivity index (χ2v) is 7.64. The van der Waals surface area contributed by atoms with Crippen LogP contribution in [0.2, 0.25) is 5.02 Å². The van der Waals surface area contributed by atoms with Crippen LogP contribution in [0.5, 0.6) is 11.5 Å². The van der Waals surface area contributed by atoms with Crippen LogP contribution in [0, 0.1) is 17.2 Å². The fourth-order valence-electron chi connectivity index (χ4n) is 3.16. The van der Waals surface area contributed by atoms with Crippen LogP contribution in [0.4, 0.5) is 0 Å². The third-order valence-electron chi connectivity index (χ3n) is 4.66. The molecule has 0 amide bonds. The van der Waals surface area contributed by atoms with Gasteiger partial charge in [0.2, 0.25) is 6.10 Å². The first-order chi connectivity index (χ1) is 14.5. The number of hydrogen-bond acceptors (Lipinski definition) is 4. The van der Waals surface area contributed by atoms with Crippen molar-refractivity contribution in [3.63, 3.8) is 0 Å². The Bertz CT molecular complexity index is 1010. The first kappa shape index (κ1) is 21.4. The maximum Gasteiger partial charge on any atom is 0.315 e. The van der Waals surface area contributed by atoms with Crippen molar-refractivity contribution in [1.29, 1.82) is 5.26 Å². The number of carbonyl (C=O) groups excluding carboxylic acids is 1. The lowest BCUT2D eigenvalue weighted by atomic mass is 9.88. The number of benzene rings is 3. The third-order valence-corrected chi connectivity index (χ3v) is 4.91. The van der Waals surface area contributed by atoms with Gasteiger partial charge in [-0.05, 0) is 47.9 Å². The highest BCUT2D eigenvalue weighted by atomic mass is 35.5. The molecule has 0 bridgehead atoms. The number of ether oxygens (including phenoxy) is 2. The summed E-state index contributed by atoms with van der Waals surface area (Å²) in [5.74, 6) is 0.424. The second kappa shape index (κ2) is 9.96. The number of rotatable bonds is 7. The molecule has 0 heterocycles. The molecule has 3 aromatic carbocycles. The molecule has 0 saturated heterocycles. The summed E-state index contributed by atoms with van der Waals surface area (Å²) in [6, 6.07) is 25.5. The molecule has 3 rings (SSSR count). The molecule has 0 fully saturated rings. The Hall–Kier alpha value is -3.29. The molecule has 2 unspecified atom stereocenters. The van der Waals surface area contributed by atoms with E-state index in [0.717, 1.165) is 11.3 Å². The van der Waals surface area contributed by atoms with Crippen molar-refractivity contribution in [1.82, 2.24) is 0 Å². The predicted molar refractivity (Wildman–Crippen MR) is 116 cm³/mol. The van der Waals surface area contributed by atoms with E-state index in [1.54, 1.807) is 36.4 Å². The monoisotopic (exact) mass is 419 g/mol. The molecule has 0 radical (unpaired) electrons. The van der Waals surface area contributed by atoms with Gasteiger partial charge in [-0.15, -0.1) is 0 Å². The maximum atomic E-state index is 12.9. The van der Waals surface area contributed by atoms with Crippen molar-refractivity contribution < 1.29 is 14.3 Å². The summed E-state index contributed by atoms with van der Waals surface area (Å²) in [6.07, 6.45) is -1.00. The predicted octanol–water partition coefficient (Wildman–Crippen LogP) is 6.68. The number of nitrogens with zero attached hydrogens (tertiary/aromatic N) is 1. The summed E-state index contributed by atoms with van der Waals surface area (Å²) < 4.78 is 11.3. The van der Waals surface area contributed by atoms with Crippen LogP contribution in [0.3, 0.4) is 0 Å². The smallest absolute Gasteiger partial charge is 0.315 e. The highest BCUT2D eigenvalue weighted by Crippen LogP contribution is 2.30. The Morgan fingerprint density at radius 2 is 1.43 bits per heavy atom. The minimum Gasteiger partial charge on any atom is -0.457 e. The van der Waals surface area contributed by atoms with Crippen LogP contribution in [-0.4, -0.2) is 5.97 Å². The minimum atomic E-state index is -1.00. The van der Waals surface area contributed by atoms with Crippen LogP contribution in [0.15, 0.2) is 78.9 Å². The van der Waals surface area contributed by atoms with Crippen molar-refractivity contribution in [2.24, 2.45) is 5.92 Å². The van der Waals surface area contributed by atoms with Crippen molar-refractivity contribution in [3.05, 3.63) is 95.0 Å². The molecule has 0 aliphatic rings. The molecule has 0 spiro atoms. The Kier molecular flexibility index (Phi) is 7.11. The molecule has 0 N–H and O–H groups in total. The summed E-state index contributed by atoms with van der Waals surface area (Å²) in [5.41, 5.74) is 1.40.